The van der Waals surface area contributed by atoms with E-state index in [2.05, 4.69) is 37.2 Å². The van der Waals surface area contributed by atoms with E-state index >= 15 is 0 Å². The second-order valence-electron chi connectivity index (χ2n) is 4.39. The van der Waals surface area contributed by atoms with E-state index in [1.54, 1.807) is 11.6 Å². The Labute approximate surface area is 126 Å². The van der Waals surface area contributed by atoms with Gasteiger partial charge >= 0.3 is 17.6 Å². The van der Waals surface area contributed by atoms with Gasteiger partial charge in [0.05, 0.1) is 5.69 Å². The maximum Gasteiger partial charge on any atom is 0.354 e. The Bertz CT molecular complexity index is 613. The predicted molar refractivity (Wildman–Crippen MR) is 77.4 cm³/mol. The average molecular weight is 388 g/mol. The van der Waals surface area contributed by atoms with Crippen LogP contribution in [0, 0.1) is 0 Å². The first-order valence-electron chi connectivity index (χ1n) is 5.69. The van der Waals surface area contributed by atoms with Crippen molar-refractivity contribution in [1.82, 2.24) is 5.32 Å². The van der Waals surface area contributed by atoms with E-state index in [1.165, 1.54) is 5.01 Å². The number of benzene rings is 1. The molecule has 19 heavy (non-hydrogen) atoms. The second kappa shape index (κ2) is 4.14. The van der Waals surface area contributed by atoms with Crippen LogP contribution < -0.4 is 10.3 Å². The molecule has 1 aromatic carbocycles. The summed E-state index contributed by atoms with van der Waals surface area (Å²) in [7, 11) is 0. The number of amides is 2. The van der Waals surface area contributed by atoms with Crippen molar-refractivity contribution in [1.29, 1.82) is 0 Å². The van der Waals surface area contributed by atoms with Crippen LogP contribution in [0.25, 0.3) is 0 Å². The zero-order chi connectivity index (χ0) is 13.8. The largest absolute Gasteiger partial charge is 0.354 e. The molecule has 2 amide bonds. The highest BCUT2D eigenvalue weighted by atomic mass is 79.9. The van der Waals surface area contributed by atoms with Crippen LogP contribution in [-0.4, -0.2) is 31.6 Å². The molecule has 0 aromatic heterocycles. The van der Waals surface area contributed by atoms with Gasteiger partial charge in [0.1, 0.15) is 0 Å². The number of halogens is 2. The van der Waals surface area contributed by atoms with Crippen molar-refractivity contribution in [3.8, 4) is 0 Å². The van der Waals surface area contributed by atoms with Crippen molar-refractivity contribution in [3.05, 3.63) is 30.3 Å². The number of para-hydroxylation sites is 1. The minimum absolute atomic E-state index is 0.133. The molecule has 2 heterocycles. The Morgan fingerprint density at radius 2 is 1.89 bits per heavy atom. The molecule has 0 spiro atoms. The summed E-state index contributed by atoms with van der Waals surface area (Å²) in [6.45, 7) is 1.76. The molecule has 1 unspecified atom stereocenters. The first kappa shape index (κ1) is 12.8. The predicted octanol–water partition coefficient (Wildman–Crippen LogP) is 1.36. The fraction of sp³-hybridized carbons (Fsp3) is 0.250. The number of carbonyl (C=O) groups is 2. The minimum atomic E-state index is -1.09. The molecule has 1 aromatic rings. The second-order valence-corrected chi connectivity index (χ2v) is 7.83. The van der Waals surface area contributed by atoms with Crippen LogP contribution in [0.4, 0.5) is 5.69 Å². The van der Waals surface area contributed by atoms with Crippen molar-refractivity contribution in [2.75, 3.05) is 5.01 Å². The summed E-state index contributed by atoms with van der Waals surface area (Å²) >= 11 is 6.68. The lowest BCUT2D eigenvalue weighted by Gasteiger charge is -2.19. The molecular formula is C12H10Br2N3O2+. The van der Waals surface area contributed by atoms with Crippen LogP contribution in [0.3, 0.4) is 0 Å². The molecule has 98 valence electrons. The van der Waals surface area contributed by atoms with Gasteiger partial charge in [0.2, 0.25) is 6.04 Å². The molecule has 5 nitrogen and oxygen atoms in total. The number of hydrogen-bond acceptors (Lipinski definition) is 2. The molecule has 0 bridgehead atoms. The maximum absolute atomic E-state index is 12.5. The Morgan fingerprint density at radius 3 is 2.53 bits per heavy atom. The Hall–Kier alpha value is -1.21. The molecule has 1 atom stereocenters. The number of hydrogen-bond donors (Lipinski definition) is 1. The smallest absolute Gasteiger partial charge is 0.267 e. The lowest BCUT2D eigenvalue weighted by molar-refractivity contribution is -0.542. The van der Waals surface area contributed by atoms with Gasteiger partial charge < -0.3 is 0 Å². The summed E-state index contributed by atoms with van der Waals surface area (Å²) in [4.78, 5) is 24.3. The third-order valence-corrected chi connectivity index (χ3v) is 4.62. The average Bonchev–Trinajstić information content (AvgIpc) is 2.78. The van der Waals surface area contributed by atoms with Gasteiger partial charge in [-0.1, -0.05) is 18.2 Å². The van der Waals surface area contributed by atoms with Gasteiger partial charge in [-0.2, -0.15) is 0 Å². The van der Waals surface area contributed by atoms with E-state index in [4.69, 9.17) is 0 Å². The zero-order valence-corrected chi connectivity index (χ0v) is 13.1. The number of hydrazine groups is 1. The van der Waals surface area contributed by atoms with Gasteiger partial charge in [0, 0.05) is 0 Å². The van der Waals surface area contributed by atoms with Crippen LogP contribution in [-0.2, 0) is 9.59 Å². The normalized spacial score (nSPS) is 24.8. The molecule has 0 saturated carbocycles. The minimum Gasteiger partial charge on any atom is -0.267 e. The molecule has 7 heteroatoms. The number of hydrazone groups is 1. The number of rotatable bonds is 1. The fourth-order valence-corrected chi connectivity index (χ4v) is 3.12. The highest BCUT2D eigenvalue weighted by molar-refractivity contribution is 9.26. The lowest BCUT2D eigenvalue weighted by atomic mass is 10.3. The molecule has 2 aliphatic rings. The first-order valence-corrected chi connectivity index (χ1v) is 7.28. The molecular weight excluding hydrogens is 378 g/mol. The van der Waals surface area contributed by atoms with Gasteiger partial charge in [-0.25, -0.2) is 10.1 Å². The van der Waals surface area contributed by atoms with Crippen LogP contribution in [0.5, 0.6) is 0 Å². The number of anilines is 1. The lowest BCUT2D eigenvalue weighted by Crippen LogP contribution is -2.47. The van der Waals surface area contributed by atoms with E-state index in [1.807, 2.05) is 30.3 Å². The summed E-state index contributed by atoms with van der Waals surface area (Å²) in [6, 6.07) is 8.79. The quantitative estimate of drug-likeness (QED) is 0.584. The van der Waals surface area contributed by atoms with Gasteiger partial charge in [0.25, 0.3) is 3.23 Å². The Kier molecular flexibility index (Phi) is 2.79. The summed E-state index contributed by atoms with van der Waals surface area (Å²) in [5, 5.41) is 4.23. The van der Waals surface area contributed by atoms with E-state index in [-0.39, 0.29) is 11.8 Å². The van der Waals surface area contributed by atoms with Gasteiger partial charge in [-0.05, 0) is 50.9 Å². The van der Waals surface area contributed by atoms with Gasteiger partial charge in [-0.3, -0.25) is 4.79 Å². The van der Waals surface area contributed by atoms with Crippen molar-refractivity contribution in [3.63, 3.8) is 0 Å². The summed E-state index contributed by atoms with van der Waals surface area (Å²) in [6.07, 6.45) is 0. The molecule has 1 N–H and O–H groups in total. The Balaban J connectivity index is 2.16. The molecule has 0 saturated heterocycles. The zero-order valence-electron chi connectivity index (χ0n) is 9.93. The van der Waals surface area contributed by atoms with Gasteiger partial charge in [0.15, 0.2) is 0 Å². The molecule has 0 radical (unpaired) electrons. The summed E-state index contributed by atoms with van der Waals surface area (Å²) in [5.41, 5.74) is 0.717. The highest BCUT2D eigenvalue weighted by Gasteiger charge is 2.63. The topological polar surface area (TPSA) is 52.4 Å². The molecule has 0 aliphatic carbocycles. The third-order valence-electron chi connectivity index (χ3n) is 3.19. The van der Waals surface area contributed by atoms with Crippen molar-refractivity contribution >= 4 is 55.2 Å². The number of alkyl halides is 2. The molecule has 0 fully saturated rings. The van der Waals surface area contributed by atoms with E-state index < -0.39 is 9.28 Å². The number of nitrogens with zero attached hydrogens (tertiary/aromatic N) is 2. The van der Waals surface area contributed by atoms with Crippen LogP contribution >= 0.6 is 31.9 Å². The Morgan fingerprint density at radius 1 is 1.26 bits per heavy atom. The maximum atomic E-state index is 12.5. The highest BCUT2D eigenvalue weighted by Crippen LogP contribution is 2.38. The fourth-order valence-electron chi connectivity index (χ4n) is 2.22. The SMILES string of the molecule is CC1C(=O)NC2=[N+]1N(c1ccccc1)C(=O)C2(Br)Br. The van der Waals surface area contributed by atoms with Crippen LogP contribution in [0.1, 0.15) is 6.92 Å². The standard InChI is InChI=1S/C12H9Br2N3O2/c1-7-9(18)15-10-12(13,14)11(19)17(16(7)10)8-5-3-2-4-6-8/h2-7H,1H3/p+1. The van der Waals surface area contributed by atoms with E-state index in [9.17, 15) is 9.59 Å². The van der Waals surface area contributed by atoms with E-state index in [0.717, 1.165) is 0 Å². The monoisotopic (exact) mass is 386 g/mol. The van der Waals surface area contributed by atoms with Crippen LogP contribution in [0.2, 0.25) is 0 Å². The molecule has 3 rings (SSSR count). The molecule has 2 aliphatic heterocycles. The van der Waals surface area contributed by atoms with Crippen molar-refractivity contribution in [2.45, 2.75) is 16.2 Å². The summed E-state index contributed by atoms with van der Waals surface area (Å²) < 4.78 is 0.583. The summed E-state index contributed by atoms with van der Waals surface area (Å²) in [5.74, 6) is 0.172. The van der Waals surface area contributed by atoms with Crippen LogP contribution in [0.15, 0.2) is 30.3 Å². The van der Waals surface area contributed by atoms with Crippen molar-refractivity contribution in [2.24, 2.45) is 0 Å². The van der Waals surface area contributed by atoms with Crippen molar-refractivity contribution < 1.29 is 14.3 Å². The third kappa shape index (κ3) is 1.68. The van der Waals surface area contributed by atoms with E-state index in [0.29, 0.717) is 11.5 Å². The number of amidine groups is 1. The number of nitrogens with one attached hydrogen (secondary N) is 1. The first-order chi connectivity index (χ1) is 8.94. The number of carbonyl (C=O) groups excluding carboxylic acids is 2. The van der Waals surface area contributed by atoms with Gasteiger partial charge in [-0.15, -0.1) is 9.69 Å².